The predicted octanol–water partition coefficient (Wildman–Crippen LogP) is 2.18. The maximum Gasteiger partial charge on any atom is 0.408 e. The van der Waals surface area contributed by atoms with E-state index in [9.17, 15) is 23.5 Å². The third-order valence-electron chi connectivity index (χ3n) is 3.32. The van der Waals surface area contributed by atoms with E-state index in [2.05, 4.69) is 16.6 Å². The number of hydrogen-bond donors (Lipinski definition) is 2. The van der Waals surface area contributed by atoms with E-state index in [1.165, 1.54) is 6.08 Å². The number of rotatable bonds is 5. The number of carboxylic acid groups (broad SMARTS) is 1. The Labute approximate surface area is 109 Å². The van der Waals surface area contributed by atoms with Gasteiger partial charge in [0.1, 0.15) is 12.1 Å². The van der Waals surface area contributed by atoms with Crippen molar-refractivity contribution < 1.29 is 28.2 Å². The van der Waals surface area contributed by atoms with Crippen molar-refractivity contribution in [3.05, 3.63) is 12.7 Å². The molecule has 2 N–H and O–H groups in total. The highest BCUT2D eigenvalue weighted by Crippen LogP contribution is 2.35. The maximum atomic E-state index is 12.5. The van der Waals surface area contributed by atoms with Gasteiger partial charge in [0.15, 0.2) is 0 Å². The van der Waals surface area contributed by atoms with Crippen LogP contribution in [0.5, 0.6) is 0 Å². The number of carboxylic acids is 1. The molecule has 0 aromatic heterocycles. The second-order valence-electron chi connectivity index (χ2n) is 4.57. The van der Waals surface area contributed by atoms with E-state index < -0.39 is 29.9 Å². The first-order valence-electron chi connectivity index (χ1n) is 5.98. The van der Waals surface area contributed by atoms with Crippen LogP contribution in [0.1, 0.15) is 25.7 Å². The van der Waals surface area contributed by atoms with Crippen molar-refractivity contribution >= 4 is 12.1 Å². The topological polar surface area (TPSA) is 75.6 Å². The number of alkyl halides is 2. The van der Waals surface area contributed by atoms with E-state index in [1.54, 1.807) is 0 Å². The minimum atomic E-state index is -2.46. The molecule has 1 fully saturated rings. The van der Waals surface area contributed by atoms with Gasteiger partial charge in [-0.2, -0.15) is 0 Å². The van der Waals surface area contributed by atoms with Gasteiger partial charge in [0.25, 0.3) is 0 Å². The number of hydrogen-bond acceptors (Lipinski definition) is 3. The summed E-state index contributed by atoms with van der Waals surface area (Å²) in [6.07, 6.45) is -1.92. The molecule has 0 heterocycles. The van der Waals surface area contributed by atoms with E-state index in [1.807, 2.05) is 0 Å². The van der Waals surface area contributed by atoms with Crippen LogP contribution in [0.15, 0.2) is 12.7 Å². The molecule has 19 heavy (non-hydrogen) atoms. The van der Waals surface area contributed by atoms with Crippen LogP contribution in [0, 0.1) is 5.92 Å². The third kappa shape index (κ3) is 3.90. The largest absolute Gasteiger partial charge is 0.480 e. The number of carbonyl (C=O) groups is 2. The summed E-state index contributed by atoms with van der Waals surface area (Å²) in [6, 6.07) is 0. The van der Waals surface area contributed by atoms with Crippen LogP contribution in [-0.2, 0) is 9.53 Å². The molecule has 0 saturated heterocycles. The molecule has 1 aliphatic rings. The van der Waals surface area contributed by atoms with Crippen molar-refractivity contribution in [3.8, 4) is 0 Å². The number of amides is 1. The number of aliphatic carboxylic acids is 1. The number of nitrogens with one attached hydrogen (secondary N) is 1. The van der Waals surface area contributed by atoms with Gasteiger partial charge in [-0.3, -0.25) is 0 Å². The summed E-state index contributed by atoms with van der Waals surface area (Å²) >= 11 is 0. The fourth-order valence-corrected chi connectivity index (χ4v) is 2.14. The molecule has 0 spiro atoms. The fourth-order valence-electron chi connectivity index (χ4n) is 2.14. The Kier molecular flexibility index (Phi) is 5.26. The number of ether oxygens (including phenoxy) is 1. The molecule has 5 nitrogen and oxygen atoms in total. The van der Waals surface area contributed by atoms with Crippen LogP contribution >= 0.6 is 0 Å². The van der Waals surface area contributed by atoms with E-state index in [0.29, 0.717) is 0 Å². The molecule has 0 aliphatic heterocycles. The molecule has 1 amide bonds. The minimum Gasteiger partial charge on any atom is -0.480 e. The molecule has 0 aromatic rings. The first-order valence-corrected chi connectivity index (χ1v) is 5.98. The summed E-state index contributed by atoms with van der Waals surface area (Å²) in [5.41, 5.74) is -1.51. The Morgan fingerprint density at radius 3 is 2.47 bits per heavy atom. The SMILES string of the molecule is C=CCOC(=O)NC1(C(=O)O)CCC(C(F)F)CC1. The van der Waals surface area contributed by atoms with Crippen LogP contribution in [0.25, 0.3) is 0 Å². The lowest BCUT2D eigenvalue weighted by Gasteiger charge is -2.36. The van der Waals surface area contributed by atoms with Crippen LogP contribution in [0.4, 0.5) is 13.6 Å². The highest BCUT2D eigenvalue weighted by atomic mass is 19.3. The summed E-state index contributed by atoms with van der Waals surface area (Å²) < 4.78 is 29.7. The zero-order valence-electron chi connectivity index (χ0n) is 10.4. The summed E-state index contributed by atoms with van der Waals surface area (Å²) in [4.78, 5) is 22.7. The molecule has 0 bridgehead atoms. The highest BCUT2D eigenvalue weighted by Gasteiger charge is 2.45. The summed E-state index contributed by atoms with van der Waals surface area (Å²) in [5, 5.41) is 11.5. The molecule has 108 valence electrons. The zero-order chi connectivity index (χ0) is 14.5. The van der Waals surface area contributed by atoms with Crippen molar-refractivity contribution in [1.29, 1.82) is 0 Å². The second-order valence-corrected chi connectivity index (χ2v) is 4.57. The van der Waals surface area contributed by atoms with Gasteiger partial charge in [-0.1, -0.05) is 12.7 Å². The molecule has 0 radical (unpaired) electrons. The second kappa shape index (κ2) is 6.49. The molecule has 1 rings (SSSR count). The van der Waals surface area contributed by atoms with Crippen molar-refractivity contribution in [3.63, 3.8) is 0 Å². The first-order chi connectivity index (χ1) is 8.91. The van der Waals surface area contributed by atoms with E-state index in [4.69, 9.17) is 0 Å². The Bertz CT molecular complexity index is 352. The van der Waals surface area contributed by atoms with E-state index in [0.717, 1.165) is 0 Å². The van der Waals surface area contributed by atoms with Gasteiger partial charge >= 0.3 is 12.1 Å². The van der Waals surface area contributed by atoms with Crippen molar-refractivity contribution in [2.24, 2.45) is 5.92 Å². The van der Waals surface area contributed by atoms with Gasteiger partial charge in [0.2, 0.25) is 6.43 Å². The Balaban J connectivity index is 2.65. The third-order valence-corrected chi connectivity index (χ3v) is 3.32. The Hall–Kier alpha value is -1.66. The lowest BCUT2D eigenvalue weighted by atomic mass is 9.76. The monoisotopic (exact) mass is 277 g/mol. The Morgan fingerprint density at radius 2 is 2.05 bits per heavy atom. The molecule has 7 heteroatoms. The van der Waals surface area contributed by atoms with Crippen LogP contribution < -0.4 is 5.32 Å². The number of carbonyl (C=O) groups excluding carboxylic acids is 1. The summed E-state index contributed by atoms with van der Waals surface area (Å²) in [5.74, 6) is -2.03. The lowest BCUT2D eigenvalue weighted by molar-refractivity contribution is -0.147. The average Bonchev–Trinajstić information content (AvgIpc) is 2.36. The van der Waals surface area contributed by atoms with Crippen LogP contribution in [0.2, 0.25) is 0 Å². The molecule has 0 unspecified atom stereocenters. The van der Waals surface area contributed by atoms with Gasteiger partial charge in [0.05, 0.1) is 0 Å². The predicted molar refractivity (Wildman–Crippen MR) is 63.0 cm³/mol. The number of alkyl carbamates (subject to hydrolysis) is 1. The zero-order valence-corrected chi connectivity index (χ0v) is 10.4. The quantitative estimate of drug-likeness (QED) is 0.755. The molecular weight excluding hydrogens is 260 g/mol. The summed E-state index contributed by atoms with van der Waals surface area (Å²) in [6.45, 7) is 3.32. The first kappa shape index (κ1) is 15.4. The molecule has 0 atom stereocenters. The molecule has 0 aromatic carbocycles. The summed E-state index contributed by atoms with van der Waals surface area (Å²) in [7, 11) is 0. The normalized spacial score (nSPS) is 26.8. The van der Waals surface area contributed by atoms with Gasteiger partial charge in [-0.05, 0) is 25.7 Å². The Morgan fingerprint density at radius 1 is 1.47 bits per heavy atom. The highest BCUT2D eigenvalue weighted by molar-refractivity contribution is 5.84. The van der Waals surface area contributed by atoms with Crippen molar-refractivity contribution in [2.75, 3.05) is 6.61 Å². The number of halogens is 2. The smallest absolute Gasteiger partial charge is 0.408 e. The molecular formula is C12H17F2NO4. The fraction of sp³-hybridized carbons (Fsp3) is 0.667. The van der Waals surface area contributed by atoms with Gasteiger partial charge in [0, 0.05) is 5.92 Å². The lowest BCUT2D eigenvalue weighted by Crippen LogP contribution is -2.56. The van der Waals surface area contributed by atoms with E-state index >= 15 is 0 Å². The van der Waals surface area contributed by atoms with Gasteiger partial charge < -0.3 is 15.2 Å². The maximum absolute atomic E-state index is 12.5. The molecule has 1 saturated carbocycles. The van der Waals surface area contributed by atoms with Crippen LogP contribution in [-0.4, -0.2) is 35.7 Å². The average molecular weight is 277 g/mol. The minimum absolute atomic E-state index is 0.0273. The van der Waals surface area contributed by atoms with Crippen molar-refractivity contribution in [1.82, 2.24) is 5.32 Å². The standard InChI is InChI=1S/C12H17F2NO4/c1-2-7-19-11(18)15-12(10(16)17)5-3-8(4-6-12)9(13)14/h2,8-9H,1,3-7H2,(H,15,18)(H,16,17). The molecule has 1 aliphatic carbocycles. The van der Waals surface area contributed by atoms with Gasteiger partial charge in [-0.15, -0.1) is 0 Å². The van der Waals surface area contributed by atoms with E-state index in [-0.39, 0.29) is 32.3 Å². The van der Waals surface area contributed by atoms with Gasteiger partial charge in [-0.25, -0.2) is 18.4 Å². The van der Waals surface area contributed by atoms with Crippen LogP contribution in [0.3, 0.4) is 0 Å². The van der Waals surface area contributed by atoms with Crippen molar-refractivity contribution in [2.45, 2.75) is 37.6 Å².